The zero-order chi connectivity index (χ0) is 8.55. The number of allylic oxidation sites excluding steroid dienone is 2. The van der Waals surface area contributed by atoms with Gasteiger partial charge in [-0.25, -0.2) is 4.99 Å². The van der Waals surface area contributed by atoms with Gasteiger partial charge in [0.15, 0.2) is 5.17 Å². The van der Waals surface area contributed by atoms with Crippen LogP contribution in [0.2, 0.25) is 0 Å². The number of carbonyl (C=O) groups is 1. The molecule has 0 aromatic heterocycles. The molecular weight excluding hydrogens is 172 g/mol. The minimum atomic E-state index is -0.0000926. The predicted molar refractivity (Wildman–Crippen MR) is 49.6 cm³/mol. The molecule has 1 saturated heterocycles. The molecule has 2 heterocycles. The normalized spacial score (nSPS) is 27.1. The highest BCUT2D eigenvalue weighted by molar-refractivity contribution is 8.15. The minimum absolute atomic E-state index is 0.0000926. The minimum Gasteiger partial charge on any atom is -0.273 e. The summed E-state index contributed by atoms with van der Waals surface area (Å²) in [6.07, 6.45) is 7.07. The Morgan fingerprint density at radius 2 is 2.42 bits per heavy atom. The van der Waals surface area contributed by atoms with Gasteiger partial charge in [-0.1, -0.05) is 11.8 Å². The average Bonchev–Trinajstić information content (AvgIpc) is 2.30. The number of amidine groups is 1. The Balaban J connectivity index is 2.37. The Hall–Kier alpha value is -1.03. The van der Waals surface area contributed by atoms with Crippen molar-refractivity contribution in [2.45, 2.75) is 12.2 Å². The number of amides is 1. The van der Waals surface area contributed by atoms with Crippen molar-refractivity contribution in [3.05, 3.63) is 24.6 Å². The van der Waals surface area contributed by atoms with Crippen LogP contribution in [0.1, 0.15) is 6.92 Å². The largest absolute Gasteiger partial charge is 0.273 e. The third kappa shape index (κ3) is 1.08. The molecule has 2 aliphatic rings. The second-order valence-electron chi connectivity index (χ2n) is 2.56. The summed E-state index contributed by atoms with van der Waals surface area (Å²) in [7, 11) is 0. The summed E-state index contributed by atoms with van der Waals surface area (Å²) in [6, 6.07) is 0. The number of nitrogens with zero attached hydrogens (tertiary/aromatic N) is 2. The molecule has 2 rings (SSSR count). The van der Waals surface area contributed by atoms with Crippen molar-refractivity contribution in [1.29, 1.82) is 0 Å². The lowest BCUT2D eigenvalue weighted by atomic mass is 10.4. The molecule has 62 valence electrons. The molecule has 0 aromatic rings. The van der Waals surface area contributed by atoms with E-state index in [-0.39, 0.29) is 11.2 Å². The van der Waals surface area contributed by atoms with Crippen LogP contribution in [0, 0.1) is 0 Å². The number of aliphatic imine (C=N–C) groups is 1. The summed E-state index contributed by atoms with van der Waals surface area (Å²) in [5, 5.41) is 0.775. The van der Waals surface area contributed by atoms with Gasteiger partial charge in [0.1, 0.15) is 0 Å². The maximum absolute atomic E-state index is 11.4. The highest BCUT2D eigenvalue weighted by atomic mass is 32.2. The summed E-state index contributed by atoms with van der Waals surface area (Å²) in [5.41, 5.74) is 0. The number of rotatable bonds is 0. The number of carbonyl (C=O) groups excluding carboxylic acids is 1. The summed E-state index contributed by atoms with van der Waals surface area (Å²) in [5.74, 6) is 0.110. The quantitative estimate of drug-likeness (QED) is 0.563. The molecule has 0 aromatic carbocycles. The van der Waals surface area contributed by atoms with Crippen molar-refractivity contribution in [1.82, 2.24) is 4.90 Å². The topological polar surface area (TPSA) is 32.7 Å². The maximum Gasteiger partial charge on any atom is 0.245 e. The average molecular weight is 180 g/mol. The van der Waals surface area contributed by atoms with Crippen LogP contribution in [0.4, 0.5) is 0 Å². The van der Waals surface area contributed by atoms with Crippen molar-refractivity contribution in [2.75, 3.05) is 0 Å². The number of thioether (sulfide) groups is 1. The standard InChI is InChI=1S/C8H8N2OS/c1-6-7(11)10-5-3-2-4-9-8(10)12-6/h2-6H,1H3. The van der Waals surface area contributed by atoms with Crippen LogP contribution in [0.5, 0.6) is 0 Å². The van der Waals surface area contributed by atoms with Crippen molar-refractivity contribution in [3.63, 3.8) is 0 Å². The van der Waals surface area contributed by atoms with Crippen LogP contribution >= 0.6 is 11.8 Å². The van der Waals surface area contributed by atoms with E-state index in [4.69, 9.17) is 0 Å². The van der Waals surface area contributed by atoms with Crippen molar-refractivity contribution < 1.29 is 4.79 Å². The van der Waals surface area contributed by atoms with Crippen LogP contribution in [0.3, 0.4) is 0 Å². The van der Waals surface area contributed by atoms with Gasteiger partial charge >= 0.3 is 0 Å². The van der Waals surface area contributed by atoms with Gasteiger partial charge in [-0.05, 0) is 19.1 Å². The lowest BCUT2D eigenvalue weighted by molar-refractivity contribution is -0.124. The fourth-order valence-corrected chi connectivity index (χ4v) is 1.99. The molecular formula is C8H8N2OS. The maximum atomic E-state index is 11.4. The van der Waals surface area contributed by atoms with Crippen LogP contribution in [-0.4, -0.2) is 21.2 Å². The molecule has 0 aliphatic carbocycles. The molecule has 0 N–H and O–H groups in total. The molecule has 3 nitrogen and oxygen atoms in total. The van der Waals surface area contributed by atoms with Crippen molar-refractivity contribution in [2.24, 2.45) is 4.99 Å². The van der Waals surface area contributed by atoms with Gasteiger partial charge in [0.2, 0.25) is 5.91 Å². The van der Waals surface area contributed by atoms with Gasteiger partial charge in [0.05, 0.1) is 5.25 Å². The van der Waals surface area contributed by atoms with Crippen LogP contribution in [0.25, 0.3) is 0 Å². The lowest BCUT2D eigenvalue weighted by Crippen LogP contribution is -2.25. The van der Waals surface area contributed by atoms with Crippen molar-refractivity contribution in [3.8, 4) is 0 Å². The zero-order valence-corrected chi connectivity index (χ0v) is 7.41. The van der Waals surface area contributed by atoms with E-state index in [1.54, 1.807) is 17.3 Å². The van der Waals surface area contributed by atoms with E-state index in [0.29, 0.717) is 0 Å². The molecule has 1 unspecified atom stereocenters. The van der Waals surface area contributed by atoms with Crippen LogP contribution in [-0.2, 0) is 4.79 Å². The fourth-order valence-electron chi connectivity index (χ4n) is 1.08. The summed E-state index contributed by atoms with van der Waals surface area (Å²) >= 11 is 1.49. The Morgan fingerprint density at radius 3 is 3.25 bits per heavy atom. The SMILES string of the molecule is CC1SC2=NC=CC=CN2C1=O. The highest BCUT2D eigenvalue weighted by Gasteiger charge is 2.33. The third-order valence-electron chi connectivity index (χ3n) is 1.69. The molecule has 1 fully saturated rings. The fraction of sp³-hybridized carbons (Fsp3) is 0.250. The first-order valence-corrected chi connectivity index (χ1v) is 4.58. The molecule has 0 spiro atoms. The van der Waals surface area contributed by atoms with Crippen LogP contribution in [0.15, 0.2) is 29.5 Å². The Bertz CT molecular complexity index is 306. The first kappa shape index (κ1) is 7.61. The molecule has 0 radical (unpaired) electrons. The van der Waals surface area contributed by atoms with E-state index >= 15 is 0 Å². The van der Waals surface area contributed by atoms with E-state index in [0.717, 1.165) is 5.17 Å². The van der Waals surface area contributed by atoms with E-state index in [2.05, 4.69) is 4.99 Å². The second kappa shape index (κ2) is 2.79. The van der Waals surface area contributed by atoms with Gasteiger partial charge in [0.25, 0.3) is 0 Å². The zero-order valence-electron chi connectivity index (χ0n) is 6.60. The number of hydrogen-bond donors (Lipinski definition) is 0. The van der Waals surface area contributed by atoms with E-state index in [9.17, 15) is 4.79 Å². The first-order chi connectivity index (χ1) is 5.79. The van der Waals surface area contributed by atoms with Crippen LogP contribution < -0.4 is 0 Å². The lowest BCUT2D eigenvalue weighted by Gasteiger charge is -2.07. The third-order valence-corrected chi connectivity index (χ3v) is 2.76. The summed E-state index contributed by atoms with van der Waals surface area (Å²) in [6.45, 7) is 1.89. The molecule has 1 atom stereocenters. The smallest absolute Gasteiger partial charge is 0.245 e. The van der Waals surface area contributed by atoms with Gasteiger partial charge in [-0.3, -0.25) is 9.69 Å². The molecule has 4 heteroatoms. The van der Waals surface area contributed by atoms with E-state index < -0.39 is 0 Å². The highest BCUT2D eigenvalue weighted by Crippen LogP contribution is 2.27. The molecule has 12 heavy (non-hydrogen) atoms. The summed E-state index contributed by atoms with van der Waals surface area (Å²) < 4.78 is 0. The Labute approximate surface area is 74.8 Å². The first-order valence-electron chi connectivity index (χ1n) is 3.70. The summed E-state index contributed by atoms with van der Waals surface area (Å²) in [4.78, 5) is 17.2. The predicted octanol–water partition coefficient (Wildman–Crippen LogP) is 1.35. The monoisotopic (exact) mass is 180 g/mol. The molecule has 0 saturated carbocycles. The van der Waals surface area contributed by atoms with Gasteiger partial charge in [-0.2, -0.15) is 0 Å². The molecule has 2 aliphatic heterocycles. The number of hydrogen-bond acceptors (Lipinski definition) is 3. The number of fused-ring (bicyclic) bond motifs is 1. The molecule has 1 amide bonds. The molecule has 0 bridgehead atoms. The van der Waals surface area contributed by atoms with Gasteiger partial charge in [-0.15, -0.1) is 0 Å². The van der Waals surface area contributed by atoms with Gasteiger partial charge in [0, 0.05) is 12.4 Å². The Morgan fingerprint density at radius 1 is 1.58 bits per heavy atom. The van der Waals surface area contributed by atoms with Gasteiger partial charge < -0.3 is 0 Å². The second-order valence-corrected chi connectivity index (χ2v) is 3.87. The van der Waals surface area contributed by atoms with E-state index in [1.807, 2.05) is 19.1 Å². The van der Waals surface area contributed by atoms with E-state index in [1.165, 1.54) is 11.8 Å². The van der Waals surface area contributed by atoms with Crippen molar-refractivity contribution >= 4 is 22.8 Å². The Kier molecular flexibility index (Phi) is 1.77.